The number of halogens is 1. The van der Waals surface area contributed by atoms with Gasteiger partial charge in [-0.05, 0) is 35.6 Å². The summed E-state index contributed by atoms with van der Waals surface area (Å²) in [5.74, 6) is -0.144. The zero-order valence-electron chi connectivity index (χ0n) is 8.46. The molecule has 0 unspecified atom stereocenters. The molecule has 78 valence electrons. The molecular weight excluding hydrogens is 209 g/mol. The molecule has 1 heterocycles. The second kappa shape index (κ2) is 4.45. The largest absolute Gasteiger partial charge is 0.380 e. The molecule has 1 aromatic carbocycles. The highest BCUT2D eigenvalue weighted by Gasteiger charge is 1.99. The van der Waals surface area contributed by atoms with Crippen molar-refractivity contribution in [3.05, 3.63) is 52.0 Å². The fraction of sp³-hybridized carbons (Fsp3) is 0.167. The molecule has 0 amide bonds. The zero-order chi connectivity index (χ0) is 10.7. The number of nitrogens with one attached hydrogen (secondary N) is 1. The SMILES string of the molecule is Cc1cc(CNc2ccsc2)ccc1F. The lowest BCUT2D eigenvalue weighted by atomic mass is 10.1. The molecular formula is C12H12FNS. The molecule has 0 fully saturated rings. The van der Waals surface area contributed by atoms with Gasteiger partial charge in [-0.2, -0.15) is 11.3 Å². The second-order valence-corrected chi connectivity index (χ2v) is 4.23. The number of hydrogen-bond acceptors (Lipinski definition) is 2. The lowest BCUT2D eigenvalue weighted by molar-refractivity contribution is 0.617. The molecule has 0 saturated carbocycles. The van der Waals surface area contributed by atoms with Crippen molar-refractivity contribution in [3.63, 3.8) is 0 Å². The zero-order valence-corrected chi connectivity index (χ0v) is 9.27. The Hall–Kier alpha value is -1.35. The summed E-state index contributed by atoms with van der Waals surface area (Å²) in [6.45, 7) is 2.52. The molecule has 3 heteroatoms. The Kier molecular flexibility index (Phi) is 3.02. The first-order valence-corrected chi connectivity index (χ1v) is 5.71. The molecule has 0 aliphatic rings. The molecule has 1 N–H and O–H groups in total. The predicted molar refractivity (Wildman–Crippen MR) is 62.8 cm³/mol. The molecule has 0 aliphatic carbocycles. The van der Waals surface area contributed by atoms with Crippen LogP contribution in [0.15, 0.2) is 35.0 Å². The summed E-state index contributed by atoms with van der Waals surface area (Å²) in [7, 11) is 0. The smallest absolute Gasteiger partial charge is 0.126 e. The molecule has 1 aromatic heterocycles. The van der Waals surface area contributed by atoms with Crippen molar-refractivity contribution in [1.29, 1.82) is 0 Å². The van der Waals surface area contributed by atoms with E-state index in [0.29, 0.717) is 5.56 Å². The molecule has 2 rings (SSSR count). The number of thiophene rings is 1. The lowest BCUT2D eigenvalue weighted by Crippen LogP contribution is -1.98. The minimum absolute atomic E-state index is 0.144. The maximum absolute atomic E-state index is 13.0. The maximum Gasteiger partial charge on any atom is 0.126 e. The van der Waals surface area contributed by atoms with Crippen molar-refractivity contribution in [2.24, 2.45) is 0 Å². The third kappa shape index (κ3) is 2.57. The van der Waals surface area contributed by atoms with Gasteiger partial charge in [0.25, 0.3) is 0 Å². The minimum atomic E-state index is -0.144. The van der Waals surface area contributed by atoms with E-state index in [1.54, 1.807) is 18.3 Å². The Morgan fingerprint density at radius 2 is 2.20 bits per heavy atom. The average molecular weight is 221 g/mol. The number of hydrogen-bond donors (Lipinski definition) is 1. The van der Waals surface area contributed by atoms with Gasteiger partial charge in [0.15, 0.2) is 0 Å². The Morgan fingerprint density at radius 1 is 1.33 bits per heavy atom. The first-order chi connectivity index (χ1) is 7.25. The first kappa shape index (κ1) is 10.2. The molecule has 0 spiro atoms. The standard InChI is InChI=1S/C12H12FNS/c1-9-6-10(2-3-12(9)13)7-14-11-4-5-15-8-11/h2-6,8,14H,7H2,1H3. The van der Waals surface area contributed by atoms with Gasteiger partial charge in [0, 0.05) is 17.6 Å². The van der Waals surface area contributed by atoms with Crippen molar-refractivity contribution in [2.75, 3.05) is 5.32 Å². The fourth-order valence-electron chi connectivity index (χ4n) is 1.39. The van der Waals surface area contributed by atoms with E-state index in [2.05, 4.69) is 10.7 Å². The normalized spacial score (nSPS) is 10.3. The number of anilines is 1. The van der Waals surface area contributed by atoms with Gasteiger partial charge in [0.2, 0.25) is 0 Å². The molecule has 0 atom stereocenters. The summed E-state index contributed by atoms with van der Waals surface area (Å²) in [4.78, 5) is 0. The van der Waals surface area contributed by atoms with E-state index in [4.69, 9.17) is 0 Å². The van der Waals surface area contributed by atoms with Gasteiger partial charge in [-0.15, -0.1) is 0 Å². The Labute approximate surface area is 92.6 Å². The van der Waals surface area contributed by atoms with Crippen LogP contribution in [0.25, 0.3) is 0 Å². The van der Waals surface area contributed by atoms with E-state index in [9.17, 15) is 4.39 Å². The first-order valence-electron chi connectivity index (χ1n) is 4.77. The van der Waals surface area contributed by atoms with Crippen LogP contribution in [0.5, 0.6) is 0 Å². The molecule has 0 aliphatic heterocycles. The summed E-state index contributed by atoms with van der Waals surface area (Å²) in [5, 5.41) is 7.35. The van der Waals surface area contributed by atoms with E-state index >= 15 is 0 Å². The highest BCUT2D eigenvalue weighted by atomic mass is 32.1. The third-order valence-corrected chi connectivity index (χ3v) is 2.92. The fourth-order valence-corrected chi connectivity index (χ4v) is 2.00. The monoisotopic (exact) mass is 221 g/mol. The van der Waals surface area contributed by atoms with Crippen LogP contribution in [0, 0.1) is 12.7 Å². The number of rotatable bonds is 3. The third-order valence-electron chi connectivity index (χ3n) is 2.24. The van der Waals surface area contributed by atoms with Gasteiger partial charge in [-0.1, -0.05) is 12.1 Å². The van der Waals surface area contributed by atoms with Crippen LogP contribution in [0.1, 0.15) is 11.1 Å². The topological polar surface area (TPSA) is 12.0 Å². The van der Waals surface area contributed by atoms with E-state index in [1.807, 2.05) is 23.6 Å². The molecule has 15 heavy (non-hydrogen) atoms. The van der Waals surface area contributed by atoms with Gasteiger partial charge in [-0.25, -0.2) is 4.39 Å². The van der Waals surface area contributed by atoms with Crippen LogP contribution in [0.2, 0.25) is 0 Å². The number of benzene rings is 1. The van der Waals surface area contributed by atoms with Gasteiger partial charge >= 0.3 is 0 Å². The van der Waals surface area contributed by atoms with E-state index in [-0.39, 0.29) is 5.82 Å². The Balaban J connectivity index is 2.02. The summed E-state index contributed by atoms with van der Waals surface area (Å²) >= 11 is 1.66. The lowest BCUT2D eigenvalue weighted by Gasteiger charge is -2.05. The van der Waals surface area contributed by atoms with E-state index < -0.39 is 0 Å². The van der Waals surface area contributed by atoms with Crippen LogP contribution in [-0.4, -0.2) is 0 Å². The van der Waals surface area contributed by atoms with Gasteiger partial charge in [0.1, 0.15) is 5.82 Å². The molecule has 0 saturated heterocycles. The molecule has 1 nitrogen and oxygen atoms in total. The minimum Gasteiger partial charge on any atom is -0.380 e. The van der Waals surface area contributed by atoms with Gasteiger partial charge in [-0.3, -0.25) is 0 Å². The maximum atomic E-state index is 13.0. The van der Waals surface area contributed by atoms with Crippen LogP contribution >= 0.6 is 11.3 Å². The summed E-state index contributed by atoms with van der Waals surface area (Å²) in [5.41, 5.74) is 2.90. The van der Waals surface area contributed by atoms with Crippen LogP contribution < -0.4 is 5.32 Å². The number of aryl methyl sites for hydroxylation is 1. The predicted octanol–water partition coefficient (Wildman–Crippen LogP) is 3.81. The van der Waals surface area contributed by atoms with Crippen LogP contribution in [0.3, 0.4) is 0 Å². The average Bonchev–Trinajstić information content (AvgIpc) is 2.73. The second-order valence-electron chi connectivity index (χ2n) is 3.45. The van der Waals surface area contributed by atoms with E-state index in [1.165, 1.54) is 6.07 Å². The highest BCUT2D eigenvalue weighted by Crippen LogP contribution is 2.14. The molecule has 0 radical (unpaired) electrons. The van der Waals surface area contributed by atoms with Crippen molar-refractivity contribution >= 4 is 17.0 Å². The van der Waals surface area contributed by atoms with Crippen LogP contribution in [-0.2, 0) is 6.54 Å². The van der Waals surface area contributed by atoms with Crippen molar-refractivity contribution in [3.8, 4) is 0 Å². The van der Waals surface area contributed by atoms with Gasteiger partial charge < -0.3 is 5.32 Å². The van der Waals surface area contributed by atoms with E-state index in [0.717, 1.165) is 17.8 Å². The Bertz CT molecular complexity index is 437. The van der Waals surface area contributed by atoms with Crippen molar-refractivity contribution in [1.82, 2.24) is 0 Å². The van der Waals surface area contributed by atoms with Crippen molar-refractivity contribution < 1.29 is 4.39 Å². The van der Waals surface area contributed by atoms with Crippen molar-refractivity contribution in [2.45, 2.75) is 13.5 Å². The molecule has 0 bridgehead atoms. The highest BCUT2D eigenvalue weighted by molar-refractivity contribution is 7.08. The summed E-state index contributed by atoms with van der Waals surface area (Å²) in [6.07, 6.45) is 0. The summed E-state index contributed by atoms with van der Waals surface area (Å²) in [6, 6.07) is 7.22. The van der Waals surface area contributed by atoms with Gasteiger partial charge in [0.05, 0.1) is 0 Å². The quantitative estimate of drug-likeness (QED) is 0.831. The van der Waals surface area contributed by atoms with Crippen LogP contribution in [0.4, 0.5) is 10.1 Å². The summed E-state index contributed by atoms with van der Waals surface area (Å²) < 4.78 is 13.0. The molecule has 2 aromatic rings. The Morgan fingerprint density at radius 3 is 2.87 bits per heavy atom.